The third kappa shape index (κ3) is 3.24. The third-order valence-electron chi connectivity index (χ3n) is 2.55. The average Bonchev–Trinajstić information content (AvgIpc) is 2.49. The number of rotatable bonds is 2. The molecular formula is C12H10F3NO3. The number of benzene rings is 1. The molecule has 0 saturated heterocycles. The summed E-state index contributed by atoms with van der Waals surface area (Å²) in [4.78, 5) is 23.1. The first kappa shape index (κ1) is 13.4. The molecule has 1 N–H and O–H groups in total. The van der Waals surface area contributed by atoms with Crippen molar-refractivity contribution in [1.29, 1.82) is 0 Å². The highest BCUT2D eigenvalue weighted by Crippen LogP contribution is 2.26. The Hall–Kier alpha value is -2.05. The van der Waals surface area contributed by atoms with E-state index in [1.165, 1.54) is 12.1 Å². The molecule has 0 bridgehead atoms. The van der Waals surface area contributed by atoms with Crippen molar-refractivity contribution in [2.24, 2.45) is 0 Å². The second-order valence-electron chi connectivity index (χ2n) is 4.03. The van der Waals surface area contributed by atoms with Gasteiger partial charge in [0.1, 0.15) is 18.8 Å². The molecule has 1 aliphatic heterocycles. The van der Waals surface area contributed by atoms with E-state index < -0.39 is 24.3 Å². The molecule has 1 aromatic carbocycles. The van der Waals surface area contributed by atoms with E-state index in [0.717, 1.165) is 6.07 Å². The Balaban J connectivity index is 2.30. The zero-order valence-electron chi connectivity index (χ0n) is 9.71. The fraction of sp³-hybridized carbons (Fsp3) is 0.333. The van der Waals surface area contributed by atoms with Gasteiger partial charge in [0.25, 0.3) is 5.91 Å². The first-order chi connectivity index (χ1) is 8.87. The summed E-state index contributed by atoms with van der Waals surface area (Å²) in [5.41, 5.74) is -0.0813. The fourth-order valence-corrected chi connectivity index (χ4v) is 1.71. The van der Waals surface area contributed by atoms with E-state index in [0.29, 0.717) is 6.54 Å². The average molecular weight is 273 g/mol. The van der Waals surface area contributed by atoms with Crippen LogP contribution in [-0.2, 0) is 0 Å². The highest BCUT2D eigenvalue weighted by atomic mass is 19.4. The van der Waals surface area contributed by atoms with Crippen molar-refractivity contribution in [3.8, 4) is 5.75 Å². The van der Waals surface area contributed by atoms with Crippen molar-refractivity contribution in [3.05, 3.63) is 29.3 Å². The van der Waals surface area contributed by atoms with Crippen LogP contribution in [0, 0.1) is 0 Å². The van der Waals surface area contributed by atoms with E-state index in [4.69, 9.17) is 4.74 Å². The van der Waals surface area contributed by atoms with Crippen LogP contribution in [0.25, 0.3) is 0 Å². The molecule has 0 atom stereocenters. The molecule has 0 radical (unpaired) electrons. The molecule has 0 aliphatic carbocycles. The Morgan fingerprint density at radius 2 is 2.11 bits per heavy atom. The number of hydrogen-bond acceptors (Lipinski definition) is 3. The maximum atomic E-state index is 12.1. The van der Waals surface area contributed by atoms with Crippen LogP contribution in [0.1, 0.15) is 27.1 Å². The highest BCUT2D eigenvalue weighted by Gasteiger charge is 2.32. The molecule has 1 aromatic rings. The molecule has 2 rings (SSSR count). The summed E-state index contributed by atoms with van der Waals surface area (Å²) in [6.07, 6.45) is -6.11. The number of fused-ring (bicyclic) bond motifs is 1. The Morgan fingerprint density at radius 3 is 2.79 bits per heavy atom. The molecule has 0 unspecified atom stereocenters. The summed E-state index contributed by atoms with van der Waals surface area (Å²) in [6, 6.07) is 3.69. The van der Waals surface area contributed by atoms with Crippen LogP contribution in [0.3, 0.4) is 0 Å². The molecule has 1 amide bonds. The van der Waals surface area contributed by atoms with Crippen LogP contribution in [0.5, 0.6) is 5.75 Å². The predicted octanol–water partition coefficient (Wildman–Crippen LogP) is 1.94. The number of Topliss-reactive ketones (excluding diaryl/α,β-unsaturated/α-hetero) is 1. The van der Waals surface area contributed by atoms with Crippen LogP contribution >= 0.6 is 0 Å². The summed E-state index contributed by atoms with van der Waals surface area (Å²) in [5, 5.41) is 2.52. The summed E-state index contributed by atoms with van der Waals surface area (Å²) in [7, 11) is 0. The Bertz CT molecular complexity index is 525. The van der Waals surface area contributed by atoms with Crippen LogP contribution in [0.2, 0.25) is 0 Å². The molecule has 0 spiro atoms. The molecule has 0 aromatic heterocycles. The lowest BCUT2D eigenvalue weighted by Crippen LogP contribution is -2.24. The zero-order chi connectivity index (χ0) is 14.0. The Kier molecular flexibility index (Phi) is 3.46. The van der Waals surface area contributed by atoms with Gasteiger partial charge in [-0.2, -0.15) is 13.2 Å². The van der Waals surface area contributed by atoms with Crippen molar-refractivity contribution in [2.75, 3.05) is 13.2 Å². The minimum atomic E-state index is -4.57. The number of ether oxygens (including phenoxy) is 1. The minimum Gasteiger partial charge on any atom is -0.491 e. The van der Waals surface area contributed by atoms with Crippen molar-refractivity contribution in [2.45, 2.75) is 12.6 Å². The lowest BCUT2D eigenvalue weighted by molar-refractivity contribution is -0.125. The maximum Gasteiger partial charge on any atom is 0.396 e. The van der Waals surface area contributed by atoms with Crippen molar-refractivity contribution >= 4 is 11.7 Å². The van der Waals surface area contributed by atoms with Crippen molar-refractivity contribution < 1.29 is 27.5 Å². The highest BCUT2D eigenvalue weighted by molar-refractivity contribution is 6.02. The molecule has 7 heteroatoms. The van der Waals surface area contributed by atoms with Gasteiger partial charge in [-0.1, -0.05) is 0 Å². The van der Waals surface area contributed by atoms with E-state index in [1.54, 1.807) is 0 Å². The van der Waals surface area contributed by atoms with Crippen molar-refractivity contribution in [1.82, 2.24) is 5.32 Å². The lowest BCUT2D eigenvalue weighted by Gasteiger charge is -2.09. The minimum absolute atomic E-state index is 0.0746. The molecule has 0 fully saturated rings. The molecule has 1 aliphatic rings. The number of hydrogen-bond donors (Lipinski definition) is 1. The van der Waals surface area contributed by atoms with Gasteiger partial charge in [-0.05, 0) is 18.2 Å². The second kappa shape index (κ2) is 4.91. The normalized spacial score (nSPS) is 15.0. The van der Waals surface area contributed by atoms with Crippen LogP contribution in [-0.4, -0.2) is 31.0 Å². The van der Waals surface area contributed by atoms with E-state index >= 15 is 0 Å². The Morgan fingerprint density at radius 1 is 1.37 bits per heavy atom. The molecule has 4 nitrogen and oxygen atoms in total. The maximum absolute atomic E-state index is 12.1. The first-order valence-electron chi connectivity index (χ1n) is 5.52. The number of alkyl halides is 3. The SMILES string of the molecule is O=C(CC(F)(F)F)c1ccc2c(c1)C(=O)NCCO2. The number of halogens is 3. The summed E-state index contributed by atoms with van der Waals surface area (Å²) in [5.74, 6) is -1.28. The van der Waals surface area contributed by atoms with Gasteiger partial charge in [0, 0.05) is 5.56 Å². The quantitative estimate of drug-likeness (QED) is 0.838. The van der Waals surface area contributed by atoms with Gasteiger partial charge in [-0.3, -0.25) is 9.59 Å². The monoisotopic (exact) mass is 273 g/mol. The molecular weight excluding hydrogens is 263 g/mol. The van der Waals surface area contributed by atoms with Crippen molar-refractivity contribution in [3.63, 3.8) is 0 Å². The summed E-state index contributed by atoms with van der Waals surface area (Å²) >= 11 is 0. The van der Waals surface area contributed by atoms with Gasteiger partial charge in [0.15, 0.2) is 5.78 Å². The van der Waals surface area contributed by atoms with E-state index in [1.807, 2.05) is 0 Å². The molecule has 0 saturated carbocycles. The number of nitrogens with one attached hydrogen (secondary N) is 1. The van der Waals surface area contributed by atoms with Crippen LogP contribution in [0.4, 0.5) is 13.2 Å². The van der Waals surface area contributed by atoms with Gasteiger partial charge in [-0.25, -0.2) is 0 Å². The van der Waals surface area contributed by atoms with Gasteiger partial charge >= 0.3 is 6.18 Å². The van der Waals surface area contributed by atoms with Crippen LogP contribution in [0.15, 0.2) is 18.2 Å². The number of carbonyl (C=O) groups is 2. The number of amides is 1. The Labute approximate surface area is 106 Å². The van der Waals surface area contributed by atoms with Gasteiger partial charge in [0.2, 0.25) is 0 Å². The van der Waals surface area contributed by atoms with E-state index in [2.05, 4.69) is 5.32 Å². The van der Waals surface area contributed by atoms with Gasteiger partial charge < -0.3 is 10.1 Å². The summed E-state index contributed by atoms with van der Waals surface area (Å²) in [6.45, 7) is 0.577. The predicted molar refractivity (Wildman–Crippen MR) is 59.3 cm³/mol. The second-order valence-corrected chi connectivity index (χ2v) is 4.03. The lowest BCUT2D eigenvalue weighted by atomic mass is 10.0. The van der Waals surface area contributed by atoms with E-state index in [9.17, 15) is 22.8 Å². The topological polar surface area (TPSA) is 55.4 Å². The molecule has 19 heavy (non-hydrogen) atoms. The van der Waals surface area contributed by atoms with Gasteiger partial charge in [0.05, 0.1) is 12.1 Å². The van der Waals surface area contributed by atoms with E-state index in [-0.39, 0.29) is 23.5 Å². The largest absolute Gasteiger partial charge is 0.491 e. The van der Waals surface area contributed by atoms with Crippen LogP contribution < -0.4 is 10.1 Å². The summed E-state index contributed by atoms with van der Waals surface area (Å²) < 4.78 is 41.7. The molecule has 102 valence electrons. The fourth-order valence-electron chi connectivity index (χ4n) is 1.71. The first-order valence-corrected chi connectivity index (χ1v) is 5.52. The molecule has 1 heterocycles. The zero-order valence-corrected chi connectivity index (χ0v) is 9.71. The standard InChI is InChI=1S/C12H10F3NO3/c13-12(14,15)6-9(17)7-1-2-10-8(5-7)11(18)16-3-4-19-10/h1-2,5H,3-4,6H2,(H,16,18). The number of ketones is 1. The number of carbonyl (C=O) groups excluding carboxylic acids is 2. The third-order valence-corrected chi connectivity index (χ3v) is 2.55. The smallest absolute Gasteiger partial charge is 0.396 e. The van der Waals surface area contributed by atoms with Gasteiger partial charge in [-0.15, -0.1) is 0 Å².